The molecule has 0 saturated carbocycles. The van der Waals surface area contributed by atoms with E-state index in [-0.39, 0.29) is 5.91 Å². The van der Waals surface area contributed by atoms with Crippen molar-refractivity contribution in [2.75, 3.05) is 0 Å². The number of esters is 1. The van der Waals surface area contributed by atoms with Crippen LogP contribution in [0, 0.1) is 10.5 Å². The molecule has 0 aliphatic heterocycles. The SMILES string of the molecule is Cc1ccc(C(=O)NN=Cc2ccc(OC(=O)c3ccccc3I)cc2)cn1. The normalized spacial score (nSPS) is 10.6. The molecule has 2 aromatic carbocycles. The number of hydrogen-bond donors (Lipinski definition) is 1. The zero-order valence-corrected chi connectivity index (χ0v) is 17.1. The monoisotopic (exact) mass is 485 g/mol. The van der Waals surface area contributed by atoms with Gasteiger partial charge in [0.1, 0.15) is 5.75 Å². The molecular formula is C21H16IN3O3. The number of carbonyl (C=O) groups is 2. The molecule has 3 rings (SSSR count). The molecule has 1 aromatic heterocycles. The largest absolute Gasteiger partial charge is 0.423 e. The van der Waals surface area contributed by atoms with Crippen LogP contribution in [0.2, 0.25) is 0 Å². The number of benzene rings is 2. The van der Waals surface area contributed by atoms with Crippen LogP contribution in [0.3, 0.4) is 0 Å². The number of halogens is 1. The molecule has 1 heterocycles. The maximum atomic E-state index is 12.2. The van der Waals surface area contributed by atoms with Crippen molar-refractivity contribution in [1.82, 2.24) is 10.4 Å². The smallest absolute Gasteiger partial charge is 0.344 e. The third kappa shape index (κ3) is 5.23. The standard InChI is InChI=1S/C21H16IN3O3/c1-14-6-9-16(13-23-14)20(26)25-24-12-15-7-10-17(11-8-15)28-21(27)18-4-2-3-5-19(18)22/h2-13H,1H3,(H,25,26). The lowest BCUT2D eigenvalue weighted by molar-refractivity contribution is 0.0733. The molecule has 0 aliphatic carbocycles. The van der Waals surface area contributed by atoms with Gasteiger partial charge < -0.3 is 4.74 Å². The molecule has 0 fully saturated rings. The maximum Gasteiger partial charge on any atom is 0.344 e. The number of nitrogens with one attached hydrogen (secondary N) is 1. The summed E-state index contributed by atoms with van der Waals surface area (Å²) in [4.78, 5) is 28.2. The van der Waals surface area contributed by atoms with Crippen LogP contribution in [0.5, 0.6) is 5.75 Å². The molecule has 1 amide bonds. The molecule has 28 heavy (non-hydrogen) atoms. The van der Waals surface area contributed by atoms with Crippen molar-refractivity contribution in [2.24, 2.45) is 5.10 Å². The first-order valence-electron chi connectivity index (χ1n) is 8.36. The first kappa shape index (κ1) is 19.7. The Balaban J connectivity index is 1.57. The molecule has 0 aliphatic rings. The van der Waals surface area contributed by atoms with Gasteiger partial charge in [0.25, 0.3) is 5.91 Å². The number of hydrazone groups is 1. The number of rotatable bonds is 5. The third-order valence-electron chi connectivity index (χ3n) is 3.74. The number of ether oxygens (including phenoxy) is 1. The van der Waals surface area contributed by atoms with Crippen molar-refractivity contribution in [3.8, 4) is 5.75 Å². The Morgan fingerprint density at radius 3 is 2.50 bits per heavy atom. The van der Waals surface area contributed by atoms with Gasteiger partial charge in [0.2, 0.25) is 0 Å². The number of nitrogens with zero attached hydrogens (tertiary/aromatic N) is 2. The van der Waals surface area contributed by atoms with E-state index in [1.807, 2.05) is 19.1 Å². The van der Waals surface area contributed by atoms with Crippen LogP contribution in [-0.4, -0.2) is 23.1 Å². The minimum Gasteiger partial charge on any atom is -0.423 e. The van der Waals surface area contributed by atoms with Crippen molar-refractivity contribution in [2.45, 2.75) is 6.92 Å². The predicted molar refractivity (Wildman–Crippen MR) is 115 cm³/mol. The van der Waals surface area contributed by atoms with Crippen LogP contribution in [0.4, 0.5) is 0 Å². The lowest BCUT2D eigenvalue weighted by Crippen LogP contribution is -2.17. The first-order chi connectivity index (χ1) is 13.5. The van der Waals surface area contributed by atoms with Crippen molar-refractivity contribution in [1.29, 1.82) is 0 Å². The van der Waals surface area contributed by atoms with Crippen LogP contribution in [0.15, 0.2) is 72.0 Å². The average molecular weight is 485 g/mol. The molecule has 140 valence electrons. The van der Waals surface area contributed by atoms with Gasteiger partial charge in [0.15, 0.2) is 0 Å². The Morgan fingerprint density at radius 1 is 1.07 bits per heavy atom. The van der Waals surface area contributed by atoms with Gasteiger partial charge in [-0.1, -0.05) is 12.1 Å². The second-order valence-corrected chi connectivity index (χ2v) is 6.99. The molecule has 0 spiro atoms. The molecule has 1 N–H and O–H groups in total. The van der Waals surface area contributed by atoms with Crippen molar-refractivity contribution < 1.29 is 14.3 Å². The lowest BCUT2D eigenvalue weighted by atomic mass is 10.2. The summed E-state index contributed by atoms with van der Waals surface area (Å²) in [7, 11) is 0. The van der Waals surface area contributed by atoms with Crippen molar-refractivity contribution >= 4 is 40.7 Å². The third-order valence-corrected chi connectivity index (χ3v) is 4.68. The first-order valence-corrected chi connectivity index (χ1v) is 9.43. The summed E-state index contributed by atoms with van der Waals surface area (Å²) >= 11 is 2.09. The van der Waals surface area contributed by atoms with Gasteiger partial charge in [0.05, 0.1) is 17.3 Å². The van der Waals surface area contributed by atoms with E-state index >= 15 is 0 Å². The molecule has 7 heteroatoms. The number of hydrogen-bond acceptors (Lipinski definition) is 5. The van der Waals surface area contributed by atoms with Crippen molar-refractivity contribution in [3.05, 3.63) is 92.8 Å². The molecule has 6 nitrogen and oxygen atoms in total. The topological polar surface area (TPSA) is 80.6 Å². The van der Waals surface area contributed by atoms with Crippen LogP contribution in [0.1, 0.15) is 32.0 Å². The maximum absolute atomic E-state index is 12.2. The van der Waals surface area contributed by atoms with Gasteiger partial charge in [-0.05, 0) is 83.6 Å². The number of carbonyl (C=O) groups excluding carboxylic acids is 2. The van der Waals surface area contributed by atoms with Gasteiger partial charge in [-0.15, -0.1) is 0 Å². The predicted octanol–water partition coefficient (Wildman–Crippen LogP) is 3.98. The second kappa shape index (κ2) is 9.23. The zero-order chi connectivity index (χ0) is 19.9. The summed E-state index contributed by atoms with van der Waals surface area (Å²) in [5.74, 6) is -0.325. The van der Waals surface area contributed by atoms with Crippen LogP contribution < -0.4 is 10.2 Å². The molecule has 0 bridgehead atoms. The van der Waals surface area contributed by atoms with E-state index in [1.165, 1.54) is 12.4 Å². The molecular weight excluding hydrogens is 469 g/mol. The Hall–Kier alpha value is -3.07. The highest BCUT2D eigenvalue weighted by molar-refractivity contribution is 14.1. The average Bonchev–Trinajstić information content (AvgIpc) is 2.70. The summed E-state index contributed by atoms with van der Waals surface area (Å²) in [5.41, 5.74) is 4.98. The van der Waals surface area contributed by atoms with Gasteiger partial charge in [0, 0.05) is 15.5 Å². The van der Waals surface area contributed by atoms with E-state index in [0.29, 0.717) is 16.9 Å². The fraction of sp³-hybridized carbons (Fsp3) is 0.0476. The van der Waals surface area contributed by atoms with Crippen LogP contribution >= 0.6 is 22.6 Å². The fourth-order valence-electron chi connectivity index (χ4n) is 2.24. The number of aromatic nitrogens is 1. The number of pyridine rings is 1. The highest BCUT2D eigenvalue weighted by Crippen LogP contribution is 2.17. The van der Waals surface area contributed by atoms with Crippen molar-refractivity contribution in [3.63, 3.8) is 0 Å². The lowest BCUT2D eigenvalue weighted by Gasteiger charge is -2.06. The van der Waals surface area contributed by atoms with Crippen LogP contribution in [0.25, 0.3) is 0 Å². The molecule has 0 radical (unpaired) electrons. The van der Waals surface area contributed by atoms with E-state index in [9.17, 15) is 9.59 Å². The number of aryl methyl sites for hydroxylation is 1. The highest BCUT2D eigenvalue weighted by Gasteiger charge is 2.11. The Labute approximate surface area is 175 Å². The summed E-state index contributed by atoms with van der Waals surface area (Å²) in [6, 6.07) is 17.5. The van der Waals surface area contributed by atoms with Gasteiger partial charge in [-0.3, -0.25) is 9.78 Å². The Bertz CT molecular complexity index is 1020. The second-order valence-electron chi connectivity index (χ2n) is 5.83. The summed E-state index contributed by atoms with van der Waals surface area (Å²) < 4.78 is 6.21. The van der Waals surface area contributed by atoms with Gasteiger partial charge >= 0.3 is 5.97 Å². The molecule has 3 aromatic rings. The zero-order valence-electron chi connectivity index (χ0n) is 14.9. The summed E-state index contributed by atoms with van der Waals surface area (Å²) in [6.45, 7) is 1.85. The van der Waals surface area contributed by atoms with Crippen LogP contribution in [-0.2, 0) is 0 Å². The minimum atomic E-state index is -0.412. The van der Waals surface area contributed by atoms with E-state index in [2.05, 4.69) is 38.1 Å². The summed E-state index contributed by atoms with van der Waals surface area (Å²) in [5, 5.41) is 3.93. The molecule has 0 unspecified atom stereocenters. The quantitative estimate of drug-likeness (QED) is 0.195. The minimum absolute atomic E-state index is 0.341. The van der Waals surface area contributed by atoms with E-state index in [4.69, 9.17) is 4.74 Å². The highest BCUT2D eigenvalue weighted by atomic mass is 127. The molecule has 0 atom stereocenters. The van der Waals surface area contributed by atoms with Gasteiger partial charge in [-0.25, -0.2) is 10.2 Å². The molecule has 0 saturated heterocycles. The fourth-order valence-corrected chi connectivity index (χ4v) is 2.85. The summed E-state index contributed by atoms with van der Waals surface area (Å²) in [6.07, 6.45) is 3.00. The van der Waals surface area contributed by atoms with E-state index in [0.717, 1.165) is 14.8 Å². The van der Waals surface area contributed by atoms with E-state index < -0.39 is 5.97 Å². The number of amides is 1. The van der Waals surface area contributed by atoms with Gasteiger partial charge in [-0.2, -0.15) is 5.10 Å². The Kier molecular flexibility index (Phi) is 6.49. The Morgan fingerprint density at radius 2 is 1.82 bits per heavy atom. The van der Waals surface area contributed by atoms with E-state index in [1.54, 1.807) is 48.5 Å².